The molecule has 0 aromatic carbocycles. The van der Waals surface area contributed by atoms with Gasteiger partial charge in [-0.2, -0.15) is 0 Å². The maximum atomic E-state index is 2.54. The van der Waals surface area contributed by atoms with Gasteiger partial charge in [0.05, 0.1) is 0 Å². The molecule has 2 fully saturated rings. The van der Waals surface area contributed by atoms with Crippen molar-refractivity contribution in [3.05, 3.63) is 0 Å². The van der Waals surface area contributed by atoms with Crippen LogP contribution in [0.1, 0.15) is 59.8 Å². The first-order valence-electron chi connectivity index (χ1n) is 6.57. The highest BCUT2D eigenvalue weighted by Crippen LogP contribution is 2.59. The predicted octanol–water partition coefficient (Wildman–Crippen LogP) is 4.49. The van der Waals surface area contributed by atoms with E-state index in [9.17, 15) is 0 Å². The lowest BCUT2D eigenvalue weighted by Gasteiger charge is -2.40. The summed E-state index contributed by atoms with van der Waals surface area (Å²) in [7, 11) is 0. The van der Waals surface area contributed by atoms with Crippen molar-refractivity contribution in [1.29, 1.82) is 0 Å². The summed E-state index contributed by atoms with van der Waals surface area (Å²) in [5.74, 6) is 4.10. The maximum Gasteiger partial charge on any atom is -0.0295 e. The Bertz CT molecular complexity index is 208. The highest BCUT2D eigenvalue weighted by molar-refractivity contribution is 4.99. The van der Waals surface area contributed by atoms with Crippen LogP contribution in [0.4, 0.5) is 0 Å². The molecule has 0 heteroatoms. The average molecular weight is 194 g/mol. The van der Waals surface area contributed by atoms with E-state index in [0.717, 1.165) is 23.7 Å². The molecule has 0 nitrogen and oxygen atoms in total. The third kappa shape index (κ3) is 1.51. The molecule has 0 aromatic heterocycles. The minimum absolute atomic E-state index is 0.703. The Hall–Kier alpha value is 0. The van der Waals surface area contributed by atoms with Gasteiger partial charge in [0.15, 0.2) is 0 Å². The molecule has 14 heavy (non-hydrogen) atoms. The van der Waals surface area contributed by atoms with E-state index in [1.807, 2.05) is 0 Å². The van der Waals surface area contributed by atoms with Crippen molar-refractivity contribution in [1.82, 2.24) is 0 Å². The summed E-state index contributed by atoms with van der Waals surface area (Å²) >= 11 is 0. The topological polar surface area (TPSA) is 0 Å². The Morgan fingerprint density at radius 3 is 2.57 bits per heavy atom. The van der Waals surface area contributed by atoms with Gasteiger partial charge >= 0.3 is 0 Å². The number of hydrogen-bond donors (Lipinski definition) is 0. The van der Waals surface area contributed by atoms with Gasteiger partial charge < -0.3 is 0 Å². The fourth-order valence-corrected chi connectivity index (χ4v) is 4.36. The molecular weight excluding hydrogens is 168 g/mol. The fraction of sp³-hybridized carbons (Fsp3) is 1.00. The molecular formula is C14H26. The summed E-state index contributed by atoms with van der Waals surface area (Å²) in [6, 6.07) is 0. The second-order valence-electron chi connectivity index (χ2n) is 6.39. The zero-order chi connectivity index (χ0) is 10.3. The zero-order valence-electron chi connectivity index (χ0n) is 10.3. The lowest BCUT2D eigenvalue weighted by molar-refractivity contribution is 0.0950. The SMILES string of the molecule is CCCC1CC(C)C2(C)CC(C)C1C2. The molecule has 2 saturated carbocycles. The molecule has 2 rings (SSSR count). The first-order chi connectivity index (χ1) is 6.57. The van der Waals surface area contributed by atoms with Crippen LogP contribution in [0, 0.1) is 29.1 Å². The van der Waals surface area contributed by atoms with Crippen molar-refractivity contribution < 1.29 is 0 Å². The van der Waals surface area contributed by atoms with Gasteiger partial charge in [-0.15, -0.1) is 0 Å². The van der Waals surface area contributed by atoms with Crippen molar-refractivity contribution in [2.75, 3.05) is 0 Å². The van der Waals surface area contributed by atoms with Crippen molar-refractivity contribution in [3.8, 4) is 0 Å². The zero-order valence-corrected chi connectivity index (χ0v) is 10.3. The van der Waals surface area contributed by atoms with Gasteiger partial charge in [0.1, 0.15) is 0 Å². The largest absolute Gasteiger partial charge is 0.0654 e. The molecule has 2 aliphatic carbocycles. The van der Waals surface area contributed by atoms with Crippen LogP contribution in [0.2, 0.25) is 0 Å². The number of fused-ring (bicyclic) bond motifs is 2. The molecule has 5 unspecified atom stereocenters. The third-order valence-corrected chi connectivity index (χ3v) is 5.33. The van der Waals surface area contributed by atoms with Crippen molar-refractivity contribution >= 4 is 0 Å². The summed E-state index contributed by atoms with van der Waals surface area (Å²) in [6.07, 6.45) is 7.41. The molecule has 0 radical (unpaired) electrons. The smallest absolute Gasteiger partial charge is 0.0295 e. The Morgan fingerprint density at radius 1 is 1.21 bits per heavy atom. The molecule has 2 aliphatic rings. The van der Waals surface area contributed by atoms with Crippen molar-refractivity contribution in [2.45, 2.75) is 59.8 Å². The highest BCUT2D eigenvalue weighted by Gasteiger charge is 2.50. The van der Waals surface area contributed by atoms with Crippen LogP contribution in [0.3, 0.4) is 0 Å². The van der Waals surface area contributed by atoms with E-state index in [4.69, 9.17) is 0 Å². The summed E-state index contributed by atoms with van der Waals surface area (Å²) in [4.78, 5) is 0. The highest BCUT2D eigenvalue weighted by atomic mass is 14.5. The molecule has 2 bridgehead atoms. The van der Waals surface area contributed by atoms with Crippen LogP contribution in [-0.4, -0.2) is 0 Å². The van der Waals surface area contributed by atoms with E-state index >= 15 is 0 Å². The molecule has 0 aromatic rings. The van der Waals surface area contributed by atoms with Crippen molar-refractivity contribution in [2.24, 2.45) is 29.1 Å². The van der Waals surface area contributed by atoms with Gasteiger partial charge in [0.25, 0.3) is 0 Å². The summed E-state index contributed by atoms with van der Waals surface area (Å²) < 4.78 is 0. The Morgan fingerprint density at radius 2 is 1.93 bits per heavy atom. The van der Waals surface area contributed by atoms with Crippen LogP contribution in [0.25, 0.3) is 0 Å². The minimum Gasteiger partial charge on any atom is -0.0654 e. The molecule has 82 valence electrons. The van der Waals surface area contributed by atoms with Gasteiger partial charge in [0, 0.05) is 0 Å². The summed E-state index contributed by atoms with van der Waals surface area (Å²) in [5.41, 5.74) is 0.703. The summed E-state index contributed by atoms with van der Waals surface area (Å²) in [5, 5.41) is 0. The second kappa shape index (κ2) is 3.54. The van der Waals surface area contributed by atoms with E-state index in [2.05, 4.69) is 27.7 Å². The standard InChI is InChI=1S/C14H26/c1-5-6-12-7-11(3)14(4)8-10(2)13(12)9-14/h10-13H,5-9H2,1-4H3. The molecule has 5 atom stereocenters. The maximum absolute atomic E-state index is 2.54. The van der Waals surface area contributed by atoms with Crippen molar-refractivity contribution in [3.63, 3.8) is 0 Å². The van der Waals surface area contributed by atoms with Gasteiger partial charge in [0.2, 0.25) is 0 Å². The normalized spacial score (nSPS) is 52.3. The first kappa shape index (κ1) is 10.5. The quantitative estimate of drug-likeness (QED) is 0.607. The third-order valence-electron chi connectivity index (χ3n) is 5.33. The van der Waals surface area contributed by atoms with Crippen LogP contribution < -0.4 is 0 Å². The van der Waals surface area contributed by atoms with Crippen LogP contribution in [0.5, 0.6) is 0 Å². The van der Waals surface area contributed by atoms with E-state index in [-0.39, 0.29) is 0 Å². The second-order valence-corrected chi connectivity index (χ2v) is 6.39. The molecule has 0 spiro atoms. The van der Waals surface area contributed by atoms with E-state index in [1.54, 1.807) is 0 Å². The number of hydrogen-bond acceptors (Lipinski definition) is 0. The molecule has 0 saturated heterocycles. The molecule has 0 amide bonds. The Labute approximate surface area is 89.5 Å². The Balaban J connectivity index is 2.13. The van der Waals surface area contributed by atoms with Gasteiger partial charge in [-0.05, 0) is 48.3 Å². The van der Waals surface area contributed by atoms with Crippen LogP contribution >= 0.6 is 0 Å². The summed E-state index contributed by atoms with van der Waals surface area (Å²) in [6.45, 7) is 9.88. The molecule has 0 aliphatic heterocycles. The number of rotatable bonds is 2. The van der Waals surface area contributed by atoms with Gasteiger partial charge in [-0.3, -0.25) is 0 Å². The van der Waals surface area contributed by atoms with Gasteiger partial charge in [-0.25, -0.2) is 0 Å². The lowest BCUT2D eigenvalue weighted by Crippen LogP contribution is -2.31. The van der Waals surface area contributed by atoms with E-state index < -0.39 is 0 Å². The van der Waals surface area contributed by atoms with Crippen LogP contribution in [-0.2, 0) is 0 Å². The van der Waals surface area contributed by atoms with E-state index in [1.165, 1.54) is 32.1 Å². The molecule has 0 N–H and O–H groups in total. The first-order valence-corrected chi connectivity index (χ1v) is 6.57. The average Bonchev–Trinajstić information content (AvgIpc) is 2.38. The predicted molar refractivity (Wildman–Crippen MR) is 62.2 cm³/mol. The minimum atomic E-state index is 0.703. The monoisotopic (exact) mass is 194 g/mol. The van der Waals surface area contributed by atoms with E-state index in [0.29, 0.717) is 5.41 Å². The molecule has 0 heterocycles. The lowest BCUT2D eigenvalue weighted by atomic mass is 9.65. The Kier molecular flexibility index (Phi) is 2.66. The van der Waals surface area contributed by atoms with Crippen LogP contribution in [0.15, 0.2) is 0 Å². The van der Waals surface area contributed by atoms with Gasteiger partial charge in [-0.1, -0.05) is 40.5 Å². The fourth-order valence-electron chi connectivity index (χ4n) is 4.36.